The van der Waals surface area contributed by atoms with Crippen LogP contribution in [0.4, 0.5) is 4.79 Å². The number of aliphatic carboxylic acids is 1. The van der Waals surface area contributed by atoms with Crippen molar-refractivity contribution in [2.75, 3.05) is 13.6 Å². The lowest BCUT2D eigenvalue weighted by molar-refractivity contribution is -0.140. The molecule has 0 aliphatic heterocycles. The van der Waals surface area contributed by atoms with Crippen molar-refractivity contribution >= 4 is 12.0 Å². The van der Waals surface area contributed by atoms with Crippen LogP contribution in [-0.2, 0) is 4.79 Å². The van der Waals surface area contributed by atoms with Gasteiger partial charge in [-0.25, -0.2) is 4.79 Å². The van der Waals surface area contributed by atoms with Crippen LogP contribution in [0.1, 0.15) is 44.9 Å². The number of carboxylic acid groups (broad SMARTS) is 1. The number of hydrogen-bond donors (Lipinski definition) is 2. The molecule has 0 aromatic rings. The summed E-state index contributed by atoms with van der Waals surface area (Å²) in [5.41, 5.74) is -0.525. The highest BCUT2D eigenvalue weighted by atomic mass is 16.4. The summed E-state index contributed by atoms with van der Waals surface area (Å²) in [6.07, 6.45) is 7.11. The molecule has 19 heavy (non-hydrogen) atoms. The second-order valence-electron chi connectivity index (χ2n) is 5.22. The van der Waals surface area contributed by atoms with Crippen LogP contribution in [0.2, 0.25) is 0 Å². The molecule has 0 radical (unpaired) electrons. The maximum absolute atomic E-state index is 12.1. The molecule has 0 bridgehead atoms. The molecule has 0 heterocycles. The van der Waals surface area contributed by atoms with Crippen molar-refractivity contribution in [3.8, 4) is 0 Å². The van der Waals surface area contributed by atoms with Crippen LogP contribution < -0.4 is 5.32 Å². The summed E-state index contributed by atoms with van der Waals surface area (Å²) < 4.78 is 0. The van der Waals surface area contributed by atoms with Crippen molar-refractivity contribution in [1.29, 1.82) is 0 Å². The molecule has 0 saturated heterocycles. The third-order valence-electron chi connectivity index (χ3n) is 3.91. The molecule has 0 aromatic carbocycles. The SMILES string of the molecule is C=CCCNC(=O)N(C)C1(CC(=O)O)CCCCC1. The van der Waals surface area contributed by atoms with Crippen molar-refractivity contribution < 1.29 is 14.7 Å². The first-order chi connectivity index (χ1) is 9.02. The van der Waals surface area contributed by atoms with E-state index in [1.54, 1.807) is 18.0 Å². The Morgan fingerprint density at radius 2 is 2.00 bits per heavy atom. The smallest absolute Gasteiger partial charge is 0.317 e. The van der Waals surface area contributed by atoms with Gasteiger partial charge in [0.05, 0.1) is 12.0 Å². The number of urea groups is 1. The van der Waals surface area contributed by atoms with Gasteiger partial charge in [-0.05, 0) is 19.3 Å². The van der Waals surface area contributed by atoms with Gasteiger partial charge >= 0.3 is 12.0 Å². The van der Waals surface area contributed by atoms with Gasteiger partial charge in [-0.3, -0.25) is 4.79 Å². The molecular formula is C14H24N2O3. The highest BCUT2D eigenvalue weighted by Crippen LogP contribution is 2.35. The number of carbonyl (C=O) groups is 2. The van der Waals surface area contributed by atoms with Gasteiger partial charge in [0.15, 0.2) is 0 Å². The Morgan fingerprint density at radius 1 is 1.37 bits per heavy atom. The van der Waals surface area contributed by atoms with Gasteiger partial charge in [-0.2, -0.15) is 0 Å². The zero-order valence-corrected chi connectivity index (χ0v) is 11.7. The van der Waals surface area contributed by atoms with E-state index in [1.165, 1.54) is 0 Å². The van der Waals surface area contributed by atoms with E-state index in [1.807, 2.05) is 0 Å². The molecule has 1 aliphatic carbocycles. The first kappa shape index (κ1) is 15.5. The molecule has 1 aliphatic rings. The summed E-state index contributed by atoms with van der Waals surface area (Å²) in [5, 5.41) is 11.9. The van der Waals surface area contributed by atoms with Crippen molar-refractivity contribution in [3.05, 3.63) is 12.7 Å². The molecule has 0 spiro atoms. The Balaban J connectivity index is 2.70. The third-order valence-corrected chi connectivity index (χ3v) is 3.91. The summed E-state index contributed by atoms with van der Waals surface area (Å²) >= 11 is 0. The number of rotatable bonds is 6. The first-order valence-electron chi connectivity index (χ1n) is 6.86. The molecule has 1 rings (SSSR count). The van der Waals surface area contributed by atoms with E-state index in [4.69, 9.17) is 5.11 Å². The molecule has 1 fully saturated rings. The Bertz CT molecular complexity index is 336. The zero-order chi connectivity index (χ0) is 14.3. The van der Waals surface area contributed by atoms with Crippen LogP contribution in [0.5, 0.6) is 0 Å². The molecule has 1 saturated carbocycles. The van der Waals surface area contributed by atoms with Crippen molar-refractivity contribution in [2.24, 2.45) is 0 Å². The van der Waals surface area contributed by atoms with E-state index in [-0.39, 0.29) is 12.5 Å². The summed E-state index contributed by atoms with van der Waals surface area (Å²) in [4.78, 5) is 24.8. The lowest BCUT2D eigenvalue weighted by Crippen LogP contribution is -2.55. The number of carbonyl (C=O) groups excluding carboxylic acids is 1. The lowest BCUT2D eigenvalue weighted by Gasteiger charge is -2.43. The average Bonchev–Trinajstić information content (AvgIpc) is 2.38. The minimum absolute atomic E-state index is 0.0262. The number of hydrogen-bond acceptors (Lipinski definition) is 2. The van der Waals surface area contributed by atoms with E-state index in [0.29, 0.717) is 13.0 Å². The minimum Gasteiger partial charge on any atom is -0.481 e. The van der Waals surface area contributed by atoms with Gasteiger partial charge in [-0.1, -0.05) is 25.3 Å². The summed E-state index contributed by atoms with van der Waals surface area (Å²) in [7, 11) is 1.71. The maximum atomic E-state index is 12.1. The summed E-state index contributed by atoms with van der Waals surface area (Å²) in [6, 6.07) is -0.190. The largest absolute Gasteiger partial charge is 0.481 e. The molecule has 5 nitrogen and oxygen atoms in total. The molecule has 108 valence electrons. The predicted octanol–water partition coefficient (Wildman–Crippen LogP) is 2.38. The van der Waals surface area contributed by atoms with E-state index < -0.39 is 11.5 Å². The lowest BCUT2D eigenvalue weighted by atomic mass is 9.78. The Hall–Kier alpha value is -1.52. The van der Waals surface area contributed by atoms with Crippen LogP contribution >= 0.6 is 0 Å². The second kappa shape index (κ2) is 7.16. The van der Waals surface area contributed by atoms with Gasteiger partial charge < -0.3 is 15.3 Å². The second-order valence-corrected chi connectivity index (χ2v) is 5.22. The Morgan fingerprint density at radius 3 is 2.53 bits per heavy atom. The van der Waals surface area contributed by atoms with E-state index in [2.05, 4.69) is 11.9 Å². The normalized spacial score (nSPS) is 17.5. The quantitative estimate of drug-likeness (QED) is 0.574. The van der Waals surface area contributed by atoms with Crippen molar-refractivity contribution in [1.82, 2.24) is 10.2 Å². The molecule has 0 atom stereocenters. The van der Waals surface area contributed by atoms with E-state index >= 15 is 0 Å². The van der Waals surface area contributed by atoms with Gasteiger partial charge in [0.1, 0.15) is 0 Å². The minimum atomic E-state index is -0.840. The number of carboxylic acids is 1. The van der Waals surface area contributed by atoms with E-state index in [9.17, 15) is 9.59 Å². The Kier molecular flexibility index (Phi) is 5.86. The third kappa shape index (κ3) is 4.26. The van der Waals surface area contributed by atoms with Gasteiger partial charge in [0.25, 0.3) is 0 Å². The van der Waals surface area contributed by atoms with Gasteiger partial charge in [-0.15, -0.1) is 6.58 Å². The maximum Gasteiger partial charge on any atom is 0.317 e. The summed E-state index contributed by atoms with van der Waals surface area (Å²) in [6.45, 7) is 4.14. The topological polar surface area (TPSA) is 69.6 Å². The van der Waals surface area contributed by atoms with Crippen LogP contribution in [0.3, 0.4) is 0 Å². The molecule has 0 unspecified atom stereocenters. The highest BCUT2D eigenvalue weighted by Gasteiger charge is 2.40. The number of nitrogens with one attached hydrogen (secondary N) is 1. The first-order valence-corrected chi connectivity index (χ1v) is 6.86. The van der Waals surface area contributed by atoms with Crippen LogP contribution in [-0.4, -0.2) is 41.1 Å². The zero-order valence-electron chi connectivity index (χ0n) is 11.7. The fourth-order valence-corrected chi connectivity index (χ4v) is 2.74. The molecule has 2 amide bonds. The number of nitrogens with zero attached hydrogens (tertiary/aromatic N) is 1. The molecule has 0 aromatic heterocycles. The fourth-order valence-electron chi connectivity index (χ4n) is 2.74. The monoisotopic (exact) mass is 268 g/mol. The fraction of sp³-hybridized carbons (Fsp3) is 0.714. The highest BCUT2D eigenvalue weighted by molar-refractivity contribution is 5.76. The predicted molar refractivity (Wildman–Crippen MR) is 74.0 cm³/mol. The van der Waals surface area contributed by atoms with Crippen LogP contribution in [0.25, 0.3) is 0 Å². The Labute approximate surface area is 114 Å². The van der Waals surface area contributed by atoms with Crippen LogP contribution in [0, 0.1) is 0 Å². The van der Waals surface area contributed by atoms with E-state index in [0.717, 1.165) is 32.1 Å². The molecule has 5 heteroatoms. The van der Waals surface area contributed by atoms with Crippen molar-refractivity contribution in [3.63, 3.8) is 0 Å². The number of amides is 2. The van der Waals surface area contributed by atoms with Gasteiger partial charge in [0, 0.05) is 13.6 Å². The van der Waals surface area contributed by atoms with Crippen molar-refractivity contribution in [2.45, 2.75) is 50.5 Å². The molecule has 2 N–H and O–H groups in total. The summed E-state index contributed by atoms with van der Waals surface area (Å²) in [5.74, 6) is -0.840. The average molecular weight is 268 g/mol. The van der Waals surface area contributed by atoms with Crippen LogP contribution in [0.15, 0.2) is 12.7 Å². The molecular weight excluding hydrogens is 244 g/mol. The van der Waals surface area contributed by atoms with Gasteiger partial charge in [0.2, 0.25) is 0 Å². The standard InChI is InChI=1S/C14H24N2O3/c1-3-4-10-15-13(19)16(2)14(11-12(17)18)8-6-5-7-9-14/h3H,1,4-11H2,2H3,(H,15,19)(H,17,18).